The van der Waals surface area contributed by atoms with E-state index in [2.05, 4.69) is 15.4 Å². The van der Waals surface area contributed by atoms with E-state index in [1.165, 1.54) is 12.1 Å². The molecule has 3 N–H and O–H groups in total. The molecule has 1 saturated carbocycles. The Morgan fingerprint density at radius 2 is 1.44 bits per heavy atom. The topological polar surface area (TPSA) is 104 Å². The molecule has 0 bridgehead atoms. The first-order valence-corrected chi connectivity index (χ1v) is 11.7. The van der Waals surface area contributed by atoms with Crippen molar-refractivity contribution in [3.63, 3.8) is 0 Å². The average molecular weight is 450 g/mol. The van der Waals surface area contributed by atoms with E-state index in [1.807, 2.05) is 6.92 Å². The Hall–Kier alpha value is -3.65. The van der Waals surface area contributed by atoms with Gasteiger partial charge in [-0.2, -0.15) is 0 Å². The number of anilines is 3. The van der Waals surface area contributed by atoms with Gasteiger partial charge in [-0.1, -0.05) is 37.3 Å². The summed E-state index contributed by atoms with van der Waals surface area (Å²) in [6, 6.07) is 21.2. The van der Waals surface area contributed by atoms with Crippen molar-refractivity contribution in [3.8, 4) is 0 Å². The maximum absolute atomic E-state index is 12.7. The summed E-state index contributed by atoms with van der Waals surface area (Å²) in [6.07, 6.45) is 0.885. The van der Waals surface area contributed by atoms with Crippen LogP contribution in [0, 0.1) is 11.8 Å². The molecule has 1 fully saturated rings. The van der Waals surface area contributed by atoms with Gasteiger partial charge in [-0.05, 0) is 60.9 Å². The van der Waals surface area contributed by atoms with Crippen LogP contribution in [0.5, 0.6) is 0 Å². The summed E-state index contributed by atoms with van der Waals surface area (Å²) in [5.74, 6) is 0.0281. The summed E-state index contributed by atoms with van der Waals surface area (Å²) in [5.41, 5.74) is 1.70. The van der Waals surface area contributed by atoms with Crippen LogP contribution in [0.15, 0.2) is 83.8 Å². The second kappa shape index (κ2) is 8.84. The molecule has 0 heterocycles. The predicted octanol–water partition coefficient (Wildman–Crippen LogP) is 4.33. The molecular weight excluding hydrogens is 426 g/mol. The number of hydrogen-bond donors (Lipinski definition) is 3. The van der Waals surface area contributed by atoms with Crippen LogP contribution >= 0.6 is 0 Å². The van der Waals surface area contributed by atoms with Crippen LogP contribution in [0.3, 0.4) is 0 Å². The lowest BCUT2D eigenvalue weighted by atomic mass is 10.1. The minimum atomic E-state index is -3.74. The summed E-state index contributed by atoms with van der Waals surface area (Å²) in [4.78, 5) is 25.0. The Labute approximate surface area is 186 Å². The lowest BCUT2D eigenvalue weighted by molar-refractivity contribution is -0.117. The van der Waals surface area contributed by atoms with Crippen molar-refractivity contribution < 1.29 is 18.0 Å². The first-order valence-electron chi connectivity index (χ1n) is 10.2. The zero-order chi connectivity index (χ0) is 22.7. The minimum Gasteiger partial charge on any atom is -0.326 e. The predicted molar refractivity (Wildman–Crippen MR) is 124 cm³/mol. The largest absolute Gasteiger partial charge is 0.326 e. The Kier molecular flexibility index (Phi) is 5.96. The highest BCUT2D eigenvalue weighted by atomic mass is 32.2. The van der Waals surface area contributed by atoms with E-state index in [1.54, 1.807) is 66.7 Å². The fourth-order valence-corrected chi connectivity index (χ4v) is 4.41. The molecule has 0 aliphatic heterocycles. The van der Waals surface area contributed by atoms with E-state index >= 15 is 0 Å². The van der Waals surface area contributed by atoms with Gasteiger partial charge in [0, 0.05) is 22.9 Å². The third-order valence-corrected chi connectivity index (χ3v) is 6.66. The maximum atomic E-state index is 12.7. The fourth-order valence-electron chi connectivity index (χ4n) is 3.34. The highest BCUT2D eigenvalue weighted by molar-refractivity contribution is 7.92. The summed E-state index contributed by atoms with van der Waals surface area (Å²) in [6.45, 7) is 2.03. The van der Waals surface area contributed by atoms with Crippen molar-refractivity contribution in [2.75, 3.05) is 15.4 Å². The molecule has 0 saturated heterocycles. The molecule has 7 nitrogen and oxygen atoms in total. The van der Waals surface area contributed by atoms with Crippen LogP contribution < -0.4 is 15.4 Å². The number of hydrogen-bond acceptors (Lipinski definition) is 4. The van der Waals surface area contributed by atoms with Crippen LogP contribution in [0.25, 0.3) is 0 Å². The van der Waals surface area contributed by atoms with E-state index in [-0.39, 0.29) is 22.6 Å². The number of carbonyl (C=O) groups is 2. The Morgan fingerprint density at radius 1 is 0.812 bits per heavy atom. The van der Waals surface area contributed by atoms with Gasteiger partial charge < -0.3 is 10.6 Å². The molecule has 2 unspecified atom stereocenters. The van der Waals surface area contributed by atoms with E-state index in [9.17, 15) is 18.0 Å². The molecule has 2 atom stereocenters. The van der Waals surface area contributed by atoms with Gasteiger partial charge >= 0.3 is 0 Å². The lowest BCUT2D eigenvalue weighted by Gasteiger charge is -2.11. The molecule has 0 aromatic heterocycles. The molecule has 2 amide bonds. The quantitative estimate of drug-likeness (QED) is 0.499. The number of benzene rings is 3. The van der Waals surface area contributed by atoms with Gasteiger partial charge in [-0.25, -0.2) is 8.42 Å². The van der Waals surface area contributed by atoms with Crippen molar-refractivity contribution in [2.24, 2.45) is 11.8 Å². The number of nitrogens with one attached hydrogen (secondary N) is 3. The smallest absolute Gasteiger partial charge is 0.261 e. The summed E-state index contributed by atoms with van der Waals surface area (Å²) in [7, 11) is -3.74. The monoisotopic (exact) mass is 449 g/mol. The van der Waals surface area contributed by atoms with E-state index in [4.69, 9.17) is 0 Å². The third-order valence-electron chi connectivity index (χ3n) is 5.26. The first kappa shape index (κ1) is 21.6. The summed E-state index contributed by atoms with van der Waals surface area (Å²) in [5, 5.41) is 5.61. The molecular formula is C24H23N3O4S. The van der Waals surface area contributed by atoms with E-state index in [0.717, 1.165) is 6.42 Å². The molecule has 8 heteroatoms. The number of sulfonamides is 1. The zero-order valence-corrected chi connectivity index (χ0v) is 18.2. The van der Waals surface area contributed by atoms with Crippen LogP contribution in [-0.4, -0.2) is 20.2 Å². The summed E-state index contributed by atoms with van der Waals surface area (Å²) >= 11 is 0. The average Bonchev–Trinajstić information content (AvgIpc) is 3.51. The molecule has 32 heavy (non-hydrogen) atoms. The van der Waals surface area contributed by atoms with Crippen molar-refractivity contribution >= 4 is 38.9 Å². The normalized spacial score (nSPS) is 17.3. The van der Waals surface area contributed by atoms with E-state index < -0.39 is 10.0 Å². The van der Waals surface area contributed by atoms with E-state index in [0.29, 0.717) is 28.5 Å². The highest BCUT2D eigenvalue weighted by Crippen LogP contribution is 2.38. The van der Waals surface area contributed by atoms with Crippen molar-refractivity contribution in [2.45, 2.75) is 18.2 Å². The highest BCUT2D eigenvalue weighted by Gasteiger charge is 2.39. The molecule has 164 valence electrons. The van der Waals surface area contributed by atoms with Gasteiger partial charge in [0.25, 0.3) is 15.9 Å². The summed E-state index contributed by atoms with van der Waals surface area (Å²) < 4.78 is 27.6. The fraction of sp³-hybridized carbons (Fsp3) is 0.167. The van der Waals surface area contributed by atoms with Crippen LogP contribution in [0.1, 0.15) is 23.7 Å². The molecule has 0 radical (unpaired) electrons. The Morgan fingerprint density at radius 3 is 2.12 bits per heavy atom. The van der Waals surface area contributed by atoms with Crippen LogP contribution in [0.4, 0.5) is 17.1 Å². The molecule has 3 aromatic rings. The Bertz CT molecular complexity index is 1260. The maximum Gasteiger partial charge on any atom is 0.261 e. The second-order valence-corrected chi connectivity index (χ2v) is 9.53. The first-order chi connectivity index (χ1) is 15.3. The molecule has 1 aliphatic rings. The standard InChI is InChI=1S/C24H23N3O4S/c1-16-13-22(16)24(29)26-18-8-5-7-17(14-18)23(28)25-19-9-6-10-20(15-19)27-32(30,31)21-11-3-2-4-12-21/h2-12,14-16,22,27H,13H2,1H3,(H,25,28)(H,26,29). The number of carbonyl (C=O) groups excluding carboxylic acids is 2. The van der Waals surface area contributed by atoms with Gasteiger partial charge in [0.1, 0.15) is 0 Å². The number of rotatable bonds is 7. The van der Waals surface area contributed by atoms with Gasteiger partial charge in [-0.15, -0.1) is 0 Å². The second-order valence-electron chi connectivity index (χ2n) is 7.84. The van der Waals surface area contributed by atoms with Gasteiger partial charge in [0.15, 0.2) is 0 Å². The lowest BCUT2D eigenvalue weighted by Crippen LogP contribution is -2.16. The molecule has 0 spiro atoms. The SMILES string of the molecule is CC1CC1C(=O)Nc1cccc(C(=O)Nc2cccc(NS(=O)(=O)c3ccccc3)c2)c1. The Balaban J connectivity index is 1.44. The van der Waals surface area contributed by atoms with Crippen molar-refractivity contribution in [1.29, 1.82) is 0 Å². The van der Waals surface area contributed by atoms with Gasteiger partial charge in [0.2, 0.25) is 5.91 Å². The van der Waals surface area contributed by atoms with Gasteiger partial charge in [0.05, 0.1) is 10.6 Å². The third kappa shape index (κ3) is 5.15. The molecule has 3 aromatic carbocycles. The minimum absolute atomic E-state index is 0.0338. The van der Waals surface area contributed by atoms with Crippen molar-refractivity contribution in [1.82, 2.24) is 0 Å². The number of amides is 2. The van der Waals surface area contributed by atoms with Crippen LogP contribution in [0.2, 0.25) is 0 Å². The zero-order valence-electron chi connectivity index (χ0n) is 17.4. The van der Waals surface area contributed by atoms with Crippen LogP contribution in [-0.2, 0) is 14.8 Å². The molecule has 4 rings (SSSR count). The molecule has 1 aliphatic carbocycles. The van der Waals surface area contributed by atoms with Crippen molar-refractivity contribution in [3.05, 3.63) is 84.4 Å². The van der Waals surface area contributed by atoms with Gasteiger partial charge in [-0.3, -0.25) is 14.3 Å².